The molecule has 0 aliphatic carbocycles. The number of benzene rings is 1. The molecule has 6 heteroatoms. The lowest BCUT2D eigenvalue weighted by Crippen LogP contribution is -2.31. The molecule has 0 aliphatic heterocycles. The third kappa shape index (κ3) is 4.22. The van der Waals surface area contributed by atoms with Crippen LogP contribution in [-0.2, 0) is 0 Å². The summed E-state index contributed by atoms with van der Waals surface area (Å²) in [5.41, 5.74) is 0.176. The van der Waals surface area contributed by atoms with Gasteiger partial charge in [0.25, 0.3) is 0 Å². The molecule has 1 N–H and O–H groups in total. The molecular formula is C11H13F4NO. The van der Waals surface area contributed by atoms with Crippen LogP contribution in [-0.4, -0.2) is 19.8 Å². The van der Waals surface area contributed by atoms with Crippen molar-refractivity contribution in [2.24, 2.45) is 0 Å². The summed E-state index contributed by atoms with van der Waals surface area (Å²) < 4.78 is 54.2. The highest BCUT2D eigenvalue weighted by molar-refractivity contribution is 5.30. The number of ether oxygens (including phenoxy) is 1. The third-order valence-electron chi connectivity index (χ3n) is 2.28. The fourth-order valence-electron chi connectivity index (χ4n) is 1.36. The summed E-state index contributed by atoms with van der Waals surface area (Å²) in [5.74, 6) is -0.263. The van der Waals surface area contributed by atoms with Gasteiger partial charge in [0.2, 0.25) is 0 Å². The minimum Gasteiger partial charge on any atom is -0.497 e. The van der Waals surface area contributed by atoms with E-state index in [2.05, 4.69) is 5.32 Å². The minimum atomic E-state index is -4.31. The predicted octanol–water partition coefficient (Wildman–Crippen LogP) is 3.05. The largest absolute Gasteiger partial charge is 0.497 e. The molecule has 1 aromatic rings. The van der Waals surface area contributed by atoms with E-state index in [1.165, 1.54) is 26.2 Å². The molecule has 17 heavy (non-hydrogen) atoms. The number of methoxy groups -OCH3 is 1. The summed E-state index contributed by atoms with van der Waals surface area (Å²) in [4.78, 5) is 0. The van der Waals surface area contributed by atoms with E-state index in [4.69, 9.17) is 4.74 Å². The third-order valence-corrected chi connectivity index (χ3v) is 2.28. The van der Waals surface area contributed by atoms with Crippen molar-refractivity contribution >= 4 is 0 Å². The zero-order valence-corrected chi connectivity index (χ0v) is 9.44. The molecule has 0 amide bonds. The van der Waals surface area contributed by atoms with E-state index in [0.29, 0.717) is 5.75 Å². The molecule has 0 fully saturated rings. The molecule has 0 aromatic heterocycles. The van der Waals surface area contributed by atoms with Crippen LogP contribution in [0.3, 0.4) is 0 Å². The Labute approximate surface area is 96.6 Å². The van der Waals surface area contributed by atoms with Crippen LogP contribution in [0.2, 0.25) is 0 Å². The van der Waals surface area contributed by atoms with Crippen molar-refractivity contribution in [2.75, 3.05) is 13.7 Å². The number of nitrogens with one attached hydrogen (secondary N) is 1. The van der Waals surface area contributed by atoms with E-state index in [0.717, 1.165) is 6.07 Å². The number of hydrogen-bond donors (Lipinski definition) is 1. The van der Waals surface area contributed by atoms with Crippen molar-refractivity contribution < 1.29 is 22.3 Å². The van der Waals surface area contributed by atoms with Gasteiger partial charge in [0, 0.05) is 17.7 Å². The van der Waals surface area contributed by atoms with Gasteiger partial charge in [-0.15, -0.1) is 0 Å². The van der Waals surface area contributed by atoms with Crippen LogP contribution in [0.5, 0.6) is 5.75 Å². The van der Waals surface area contributed by atoms with E-state index >= 15 is 0 Å². The fourth-order valence-corrected chi connectivity index (χ4v) is 1.36. The second-order valence-corrected chi connectivity index (χ2v) is 3.61. The van der Waals surface area contributed by atoms with E-state index in [1.54, 1.807) is 0 Å². The molecule has 1 unspecified atom stereocenters. The normalized spacial score (nSPS) is 13.5. The topological polar surface area (TPSA) is 21.3 Å². The summed E-state index contributed by atoms with van der Waals surface area (Å²) in [6.07, 6.45) is -4.31. The van der Waals surface area contributed by atoms with Crippen molar-refractivity contribution in [3.8, 4) is 5.75 Å². The Hall–Kier alpha value is -1.30. The first-order valence-electron chi connectivity index (χ1n) is 4.97. The highest BCUT2D eigenvalue weighted by Gasteiger charge is 2.27. The lowest BCUT2D eigenvalue weighted by molar-refractivity contribution is -0.126. The van der Waals surface area contributed by atoms with E-state index in [9.17, 15) is 17.6 Å². The standard InChI is InChI=1S/C11H13F4NO/c1-7(16-6-11(13,14)15)9-4-3-8(17-2)5-10(9)12/h3-5,7,16H,6H2,1-2H3. The molecule has 0 heterocycles. The molecule has 0 radical (unpaired) electrons. The molecule has 0 bridgehead atoms. The maximum Gasteiger partial charge on any atom is 0.401 e. The van der Waals surface area contributed by atoms with Gasteiger partial charge < -0.3 is 10.1 Å². The van der Waals surface area contributed by atoms with Gasteiger partial charge in [-0.25, -0.2) is 4.39 Å². The SMILES string of the molecule is COc1ccc(C(C)NCC(F)(F)F)c(F)c1. The Kier molecular flexibility index (Phi) is 4.34. The van der Waals surface area contributed by atoms with Crippen LogP contribution in [0, 0.1) is 5.82 Å². The predicted molar refractivity (Wildman–Crippen MR) is 55.4 cm³/mol. The first-order valence-corrected chi connectivity index (χ1v) is 4.97. The monoisotopic (exact) mass is 251 g/mol. The fraction of sp³-hybridized carbons (Fsp3) is 0.455. The van der Waals surface area contributed by atoms with E-state index < -0.39 is 24.6 Å². The van der Waals surface area contributed by atoms with Gasteiger partial charge in [0.15, 0.2) is 0 Å². The average molecular weight is 251 g/mol. The Morgan fingerprint density at radius 3 is 2.47 bits per heavy atom. The zero-order chi connectivity index (χ0) is 13.1. The zero-order valence-electron chi connectivity index (χ0n) is 9.44. The average Bonchev–Trinajstić information content (AvgIpc) is 2.24. The highest BCUT2D eigenvalue weighted by atomic mass is 19.4. The van der Waals surface area contributed by atoms with Gasteiger partial charge in [-0.3, -0.25) is 0 Å². The molecule has 0 spiro atoms. The number of halogens is 4. The lowest BCUT2D eigenvalue weighted by atomic mass is 10.1. The molecule has 1 aromatic carbocycles. The van der Waals surface area contributed by atoms with E-state index in [-0.39, 0.29) is 5.56 Å². The van der Waals surface area contributed by atoms with Gasteiger partial charge in [-0.05, 0) is 13.0 Å². The van der Waals surface area contributed by atoms with Crippen molar-refractivity contribution in [3.05, 3.63) is 29.6 Å². The minimum absolute atomic E-state index is 0.176. The maximum atomic E-state index is 13.5. The second-order valence-electron chi connectivity index (χ2n) is 3.61. The van der Waals surface area contributed by atoms with Gasteiger partial charge in [-0.1, -0.05) is 6.07 Å². The molecule has 96 valence electrons. The molecular weight excluding hydrogens is 238 g/mol. The molecule has 0 aliphatic rings. The summed E-state index contributed by atoms with van der Waals surface area (Å²) in [7, 11) is 1.39. The first-order chi connectivity index (χ1) is 7.83. The second kappa shape index (κ2) is 5.35. The van der Waals surface area contributed by atoms with Gasteiger partial charge in [-0.2, -0.15) is 13.2 Å². The van der Waals surface area contributed by atoms with Gasteiger partial charge in [0.1, 0.15) is 11.6 Å². The van der Waals surface area contributed by atoms with Crippen molar-refractivity contribution in [2.45, 2.75) is 19.1 Å². The smallest absolute Gasteiger partial charge is 0.401 e. The summed E-state index contributed by atoms with van der Waals surface area (Å²) in [5, 5.41) is 2.21. The summed E-state index contributed by atoms with van der Waals surface area (Å²) in [6.45, 7) is 0.316. The molecule has 1 rings (SSSR count). The Morgan fingerprint density at radius 1 is 1.35 bits per heavy atom. The van der Waals surface area contributed by atoms with Crippen LogP contribution in [0.4, 0.5) is 17.6 Å². The van der Waals surface area contributed by atoms with E-state index in [1.807, 2.05) is 0 Å². The number of alkyl halides is 3. The summed E-state index contributed by atoms with van der Waals surface area (Å²) in [6, 6.07) is 3.33. The maximum absolute atomic E-state index is 13.5. The lowest BCUT2D eigenvalue weighted by Gasteiger charge is -2.16. The highest BCUT2D eigenvalue weighted by Crippen LogP contribution is 2.22. The van der Waals surface area contributed by atoms with Crippen LogP contribution < -0.4 is 10.1 Å². The van der Waals surface area contributed by atoms with Crippen LogP contribution in [0.25, 0.3) is 0 Å². The van der Waals surface area contributed by atoms with Gasteiger partial charge in [0.05, 0.1) is 13.7 Å². The van der Waals surface area contributed by atoms with Crippen LogP contribution >= 0.6 is 0 Å². The first kappa shape index (κ1) is 13.8. The number of rotatable bonds is 4. The molecule has 0 saturated heterocycles. The Bertz CT molecular complexity index is 378. The van der Waals surface area contributed by atoms with Crippen LogP contribution in [0.1, 0.15) is 18.5 Å². The molecule has 2 nitrogen and oxygen atoms in total. The van der Waals surface area contributed by atoms with Crippen molar-refractivity contribution in [3.63, 3.8) is 0 Å². The Morgan fingerprint density at radius 2 is 2.00 bits per heavy atom. The van der Waals surface area contributed by atoms with Crippen molar-refractivity contribution in [1.29, 1.82) is 0 Å². The Balaban J connectivity index is 2.72. The quantitative estimate of drug-likeness (QED) is 0.830. The van der Waals surface area contributed by atoms with Crippen LogP contribution in [0.15, 0.2) is 18.2 Å². The van der Waals surface area contributed by atoms with Gasteiger partial charge >= 0.3 is 6.18 Å². The van der Waals surface area contributed by atoms with Crippen molar-refractivity contribution in [1.82, 2.24) is 5.32 Å². The summed E-state index contributed by atoms with van der Waals surface area (Å²) >= 11 is 0. The molecule has 0 saturated carbocycles. The number of hydrogen-bond acceptors (Lipinski definition) is 2. The molecule has 1 atom stereocenters.